The molecule has 0 saturated heterocycles. The van der Waals surface area contributed by atoms with Gasteiger partial charge in [0.25, 0.3) is 0 Å². The molecule has 2 N–H and O–H groups in total. The van der Waals surface area contributed by atoms with E-state index >= 15 is 0 Å². The van der Waals surface area contributed by atoms with Crippen LogP contribution in [0.4, 0.5) is 18.9 Å². The van der Waals surface area contributed by atoms with Crippen molar-refractivity contribution in [1.29, 1.82) is 0 Å². The molecule has 0 aliphatic rings. The fraction of sp³-hybridized carbons (Fsp3) is 0.0500. The number of ether oxygens (including phenoxy) is 1. The fourth-order valence-electron chi connectivity index (χ4n) is 2.46. The molecule has 26 heavy (non-hydrogen) atoms. The van der Waals surface area contributed by atoms with Gasteiger partial charge in [0, 0.05) is 11.3 Å². The fourth-order valence-corrected chi connectivity index (χ4v) is 2.46. The average Bonchev–Trinajstić information content (AvgIpc) is 2.63. The molecule has 3 aromatic carbocycles. The van der Waals surface area contributed by atoms with E-state index in [1.54, 1.807) is 42.5 Å². The summed E-state index contributed by atoms with van der Waals surface area (Å²) in [6.45, 7) is 0. The predicted molar refractivity (Wildman–Crippen MR) is 92.2 cm³/mol. The maximum atomic E-state index is 13.3. The number of hydrogen-bond donors (Lipinski definition) is 1. The number of hydrogen-bond acceptors (Lipinski definition) is 3. The van der Waals surface area contributed by atoms with E-state index in [9.17, 15) is 18.0 Å². The summed E-state index contributed by atoms with van der Waals surface area (Å²) in [5.74, 6) is -0.721. The zero-order valence-corrected chi connectivity index (χ0v) is 13.5. The van der Waals surface area contributed by atoms with E-state index in [4.69, 9.17) is 10.5 Å². The first-order valence-electron chi connectivity index (χ1n) is 7.69. The van der Waals surface area contributed by atoms with Crippen molar-refractivity contribution in [2.75, 3.05) is 5.73 Å². The van der Waals surface area contributed by atoms with Gasteiger partial charge in [-0.1, -0.05) is 42.5 Å². The predicted octanol–water partition coefficient (Wildman–Crippen LogP) is 5.31. The van der Waals surface area contributed by atoms with Crippen LogP contribution in [0.15, 0.2) is 72.8 Å². The molecule has 0 aliphatic carbocycles. The Morgan fingerprint density at radius 1 is 0.846 bits per heavy atom. The summed E-state index contributed by atoms with van der Waals surface area (Å²) in [7, 11) is 0. The normalized spacial score (nSPS) is 11.2. The number of anilines is 1. The number of rotatable bonds is 4. The zero-order chi connectivity index (χ0) is 18.7. The van der Waals surface area contributed by atoms with Gasteiger partial charge >= 0.3 is 6.18 Å². The first kappa shape index (κ1) is 17.5. The summed E-state index contributed by atoms with van der Waals surface area (Å²) in [5.41, 5.74) is 5.02. The molecule has 0 spiro atoms. The second-order valence-corrected chi connectivity index (χ2v) is 5.55. The van der Waals surface area contributed by atoms with Crippen molar-refractivity contribution in [3.8, 4) is 11.5 Å². The molecule has 3 nitrogen and oxygen atoms in total. The Kier molecular flexibility index (Phi) is 4.67. The van der Waals surface area contributed by atoms with Gasteiger partial charge in [0.05, 0.1) is 5.56 Å². The maximum Gasteiger partial charge on any atom is 0.420 e. The molecule has 0 aliphatic heterocycles. The van der Waals surface area contributed by atoms with Crippen molar-refractivity contribution >= 4 is 11.5 Å². The summed E-state index contributed by atoms with van der Waals surface area (Å²) < 4.78 is 45.2. The molecular formula is C20H14F3NO2. The highest BCUT2D eigenvalue weighted by Gasteiger charge is 2.35. The van der Waals surface area contributed by atoms with Gasteiger partial charge in [-0.25, -0.2) is 0 Å². The Morgan fingerprint density at radius 3 is 2.19 bits per heavy atom. The van der Waals surface area contributed by atoms with Gasteiger partial charge in [-0.2, -0.15) is 13.2 Å². The van der Waals surface area contributed by atoms with E-state index in [2.05, 4.69) is 0 Å². The van der Waals surface area contributed by atoms with Crippen LogP contribution in [0.1, 0.15) is 21.5 Å². The lowest BCUT2D eigenvalue weighted by Crippen LogP contribution is -2.09. The van der Waals surface area contributed by atoms with Gasteiger partial charge in [-0.05, 0) is 30.3 Å². The standard InChI is InChI=1S/C20H14F3NO2/c21-20(22,23)16-12-14(24)10-11-18(16)26-17-9-5-4-8-15(17)19(25)13-6-2-1-3-7-13/h1-12H,24H2. The number of halogens is 3. The number of benzene rings is 3. The second kappa shape index (κ2) is 6.92. The number of carbonyl (C=O) groups is 1. The van der Waals surface area contributed by atoms with Crippen LogP contribution >= 0.6 is 0 Å². The lowest BCUT2D eigenvalue weighted by molar-refractivity contribution is -0.138. The highest BCUT2D eigenvalue weighted by molar-refractivity contribution is 6.10. The van der Waals surface area contributed by atoms with E-state index in [0.717, 1.165) is 12.1 Å². The van der Waals surface area contributed by atoms with Crippen molar-refractivity contribution in [3.63, 3.8) is 0 Å². The second-order valence-electron chi connectivity index (χ2n) is 5.55. The quantitative estimate of drug-likeness (QED) is 0.508. The SMILES string of the molecule is Nc1ccc(Oc2ccccc2C(=O)c2ccccc2)c(C(F)(F)F)c1. The molecule has 3 aromatic rings. The highest BCUT2D eigenvalue weighted by Crippen LogP contribution is 2.40. The van der Waals surface area contributed by atoms with Crippen LogP contribution in [0, 0.1) is 0 Å². The summed E-state index contributed by atoms with van der Waals surface area (Å²) in [4.78, 5) is 12.7. The first-order valence-corrected chi connectivity index (χ1v) is 7.69. The van der Waals surface area contributed by atoms with Crippen LogP contribution in [-0.2, 0) is 6.18 Å². The topological polar surface area (TPSA) is 52.3 Å². The summed E-state index contributed by atoms with van der Waals surface area (Å²) in [6.07, 6.45) is -4.64. The minimum Gasteiger partial charge on any atom is -0.456 e. The Bertz CT molecular complexity index is 937. The zero-order valence-electron chi connectivity index (χ0n) is 13.5. The Balaban J connectivity index is 2.02. The third kappa shape index (κ3) is 3.69. The molecule has 0 aromatic heterocycles. The third-order valence-electron chi connectivity index (χ3n) is 3.70. The molecule has 0 bridgehead atoms. The number of carbonyl (C=O) groups excluding carboxylic acids is 1. The first-order chi connectivity index (χ1) is 12.4. The van der Waals surface area contributed by atoms with Gasteiger partial charge in [-0.15, -0.1) is 0 Å². The van der Waals surface area contributed by atoms with Gasteiger partial charge in [0.2, 0.25) is 0 Å². The van der Waals surface area contributed by atoms with Crippen LogP contribution in [-0.4, -0.2) is 5.78 Å². The largest absolute Gasteiger partial charge is 0.456 e. The lowest BCUT2D eigenvalue weighted by atomic mass is 10.0. The average molecular weight is 357 g/mol. The summed E-state index contributed by atoms with van der Waals surface area (Å²) in [6, 6.07) is 17.9. The summed E-state index contributed by atoms with van der Waals surface area (Å²) in [5, 5.41) is 0. The van der Waals surface area contributed by atoms with E-state index in [1.165, 1.54) is 18.2 Å². The van der Waals surface area contributed by atoms with Gasteiger partial charge in [0.1, 0.15) is 17.1 Å². The molecule has 0 unspecified atom stereocenters. The van der Waals surface area contributed by atoms with Gasteiger partial charge < -0.3 is 10.5 Å². The van der Waals surface area contributed by atoms with E-state index in [1.807, 2.05) is 0 Å². The smallest absolute Gasteiger partial charge is 0.420 e. The van der Waals surface area contributed by atoms with E-state index in [0.29, 0.717) is 5.56 Å². The van der Waals surface area contributed by atoms with Crippen LogP contribution in [0.25, 0.3) is 0 Å². The van der Waals surface area contributed by atoms with Crippen LogP contribution in [0.2, 0.25) is 0 Å². The van der Waals surface area contributed by atoms with E-state index in [-0.39, 0.29) is 22.8 Å². The molecule has 0 amide bonds. The Morgan fingerprint density at radius 2 is 1.50 bits per heavy atom. The van der Waals surface area contributed by atoms with Crippen molar-refractivity contribution in [1.82, 2.24) is 0 Å². The third-order valence-corrected chi connectivity index (χ3v) is 3.70. The minimum atomic E-state index is -4.64. The number of para-hydroxylation sites is 1. The molecule has 132 valence electrons. The van der Waals surface area contributed by atoms with Crippen LogP contribution < -0.4 is 10.5 Å². The molecule has 0 fully saturated rings. The molecule has 0 heterocycles. The van der Waals surface area contributed by atoms with Crippen molar-refractivity contribution in [3.05, 3.63) is 89.5 Å². The number of alkyl halides is 3. The van der Waals surface area contributed by atoms with Crippen molar-refractivity contribution < 1.29 is 22.7 Å². The lowest BCUT2D eigenvalue weighted by Gasteiger charge is -2.16. The van der Waals surface area contributed by atoms with Crippen molar-refractivity contribution in [2.24, 2.45) is 0 Å². The van der Waals surface area contributed by atoms with Crippen LogP contribution in [0.3, 0.4) is 0 Å². The highest BCUT2D eigenvalue weighted by atomic mass is 19.4. The Labute approximate surface area is 147 Å². The molecule has 0 atom stereocenters. The number of nitrogens with two attached hydrogens (primary N) is 1. The Hall–Kier alpha value is -3.28. The van der Waals surface area contributed by atoms with Crippen molar-refractivity contribution in [2.45, 2.75) is 6.18 Å². The monoisotopic (exact) mass is 357 g/mol. The minimum absolute atomic E-state index is 0.0293. The van der Waals surface area contributed by atoms with Crippen LogP contribution in [0.5, 0.6) is 11.5 Å². The molecule has 0 radical (unpaired) electrons. The molecule has 6 heteroatoms. The van der Waals surface area contributed by atoms with E-state index < -0.39 is 17.5 Å². The van der Waals surface area contributed by atoms with Gasteiger partial charge in [0.15, 0.2) is 5.78 Å². The molecule has 3 rings (SSSR count). The maximum absolute atomic E-state index is 13.3. The number of ketones is 1. The number of nitrogen functional groups attached to an aromatic ring is 1. The van der Waals surface area contributed by atoms with Gasteiger partial charge in [-0.3, -0.25) is 4.79 Å². The molecule has 0 saturated carbocycles. The molecular weight excluding hydrogens is 343 g/mol. The summed E-state index contributed by atoms with van der Waals surface area (Å²) >= 11 is 0.